The van der Waals surface area contributed by atoms with Crippen LogP contribution in [0.2, 0.25) is 0 Å². The van der Waals surface area contributed by atoms with Crippen LogP contribution in [0, 0.1) is 10.1 Å². The second-order valence-electron chi connectivity index (χ2n) is 7.04. The van der Waals surface area contributed by atoms with Crippen LogP contribution in [0.1, 0.15) is 36.2 Å². The lowest BCUT2D eigenvalue weighted by Gasteiger charge is -2.11. The Morgan fingerprint density at radius 1 is 1.22 bits per heavy atom. The zero-order valence-electron chi connectivity index (χ0n) is 17.5. The molecule has 0 radical (unpaired) electrons. The van der Waals surface area contributed by atoms with Gasteiger partial charge in [0.25, 0.3) is 11.6 Å². The van der Waals surface area contributed by atoms with E-state index in [2.05, 4.69) is 21.4 Å². The molecule has 1 amide bonds. The highest BCUT2D eigenvalue weighted by Gasteiger charge is 2.26. The van der Waals surface area contributed by atoms with Gasteiger partial charge in [0.15, 0.2) is 11.5 Å². The van der Waals surface area contributed by atoms with Crippen molar-refractivity contribution in [2.75, 3.05) is 6.61 Å². The van der Waals surface area contributed by atoms with Crippen LogP contribution in [0.3, 0.4) is 0 Å². The Labute approximate surface area is 183 Å². The maximum absolute atomic E-state index is 12.4. The first-order valence-corrected chi connectivity index (χ1v) is 9.94. The fourth-order valence-electron chi connectivity index (χ4n) is 2.97. The van der Waals surface area contributed by atoms with Crippen molar-refractivity contribution in [3.8, 4) is 11.5 Å². The lowest BCUT2D eigenvalue weighted by molar-refractivity contribution is -0.384. The lowest BCUT2D eigenvalue weighted by Crippen LogP contribution is -2.41. The van der Waals surface area contributed by atoms with E-state index in [1.807, 2.05) is 6.92 Å². The molecule has 1 aliphatic heterocycles. The summed E-state index contributed by atoms with van der Waals surface area (Å²) in [7, 11) is 0. The van der Waals surface area contributed by atoms with Crippen LogP contribution >= 0.6 is 0 Å². The van der Waals surface area contributed by atoms with Crippen LogP contribution in [0.15, 0.2) is 47.6 Å². The number of hydrazone groups is 1. The number of esters is 1. The van der Waals surface area contributed by atoms with E-state index < -0.39 is 10.9 Å². The Bertz CT molecular complexity index is 1020. The molecule has 168 valence electrons. The van der Waals surface area contributed by atoms with Gasteiger partial charge in [-0.05, 0) is 56.2 Å². The van der Waals surface area contributed by atoms with Gasteiger partial charge in [-0.3, -0.25) is 20.3 Å². The number of ether oxygens (including phenoxy) is 2. The number of amides is 1. The number of carbonyl (C=O) groups is 2. The van der Waals surface area contributed by atoms with Gasteiger partial charge in [-0.25, -0.2) is 15.6 Å². The molecular weight excluding hydrogens is 418 g/mol. The SMILES string of the molecule is CCOc1cc(/C=N/NC(=O)C2CC(C)NN2)ccc1OC(=O)c1ccc([N+](=O)[O-])cc1. The Hall–Kier alpha value is -3.83. The number of nitrogens with zero attached hydrogens (tertiary/aromatic N) is 2. The summed E-state index contributed by atoms with van der Waals surface area (Å²) in [5, 5.41) is 14.7. The first-order valence-electron chi connectivity index (χ1n) is 9.94. The van der Waals surface area contributed by atoms with Gasteiger partial charge >= 0.3 is 5.97 Å². The molecule has 1 aliphatic rings. The van der Waals surface area contributed by atoms with E-state index >= 15 is 0 Å². The maximum Gasteiger partial charge on any atom is 0.343 e. The number of nitro groups is 1. The summed E-state index contributed by atoms with van der Waals surface area (Å²) in [6.45, 7) is 4.08. The van der Waals surface area contributed by atoms with Crippen molar-refractivity contribution in [3.63, 3.8) is 0 Å². The van der Waals surface area contributed by atoms with Crippen LogP contribution < -0.4 is 25.8 Å². The minimum absolute atomic E-state index is 0.123. The summed E-state index contributed by atoms with van der Waals surface area (Å²) >= 11 is 0. The molecule has 3 rings (SSSR count). The van der Waals surface area contributed by atoms with Gasteiger partial charge in [0.1, 0.15) is 6.04 Å². The summed E-state index contributed by atoms with van der Waals surface area (Å²) in [4.78, 5) is 34.7. The summed E-state index contributed by atoms with van der Waals surface area (Å²) in [6, 6.07) is 9.74. The third-order valence-electron chi connectivity index (χ3n) is 4.58. The summed E-state index contributed by atoms with van der Waals surface area (Å²) in [6.07, 6.45) is 2.11. The molecule has 2 aromatic carbocycles. The van der Waals surface area contributed by atoms with Crippen molar-refractivity contribution in [3.05, 3.63) is 63.7 Å². The van der Waals surface area contributed by atoms with Crippen LogP contribution in [-0.4, -0.2) is 41.7 Å². The number of benzene rings is 2. The molecule has 0 aliphatic carbocycles. The average Bonchev–Trinajstić information content (AvgIpc) is 3.22. The van der Waals surface area contributed by atoms with E-state index in [9.17, 15) is 19.7 Å². The topological polar surface area (TPSA) is 144 Å². The predicted octanol–water partition coefficient (Wildman–Crippen LogP) is 1.92. The minimum atomic E-state index is -0.679. The molecule has 11 nitrogen and oxygen atoms in total. The normalized spacial score (nSPS) is 17.8. The number of nitro benzene ring substituents is 1. The average molecular weight is 441 g/mol. The van der Waals surface area contributed by atoms with E-state index in [1.54, 1.807) is 25.1 Å². The predicted molar refractivity (Wildman–Crippen MR) is 116 cm³/mol. The van der Waals surface area contributed by atoms with Crippen molar-refractivity contribution in [1.82, 2.24) is 16.3 Å². The first kappa shape index (κ1) is 22.8. The molecule has 32 heavy (non-hydrogen) atoms. The number of rotatable bonds is 8. The zero-order valence-corrected chi connectivity index (χ0v) is 17.5. The second-order valence-corrected chi connectivity index (χ2v) is 7.04. The highest BCUT2D eigenvalue weighted by atomic mass is 16.6. The highest BCUT2D eigenvalue weighted by molar-refractivity contribution is 5.92. The van der Waals surface area contributed by atoms with Gasteiger partial charge in [0, 0.05) is 18.2 Å². The zero-order chi connectivity index (χ0) is 23.1. The molecule has 11 heteroatoms. The van der Waals surface area contributed by atoms with Crippen molar-refractivity contribution >= 4 is 23.8 Å². The molecule has 2 atom stereocenters. The van der Waals surface area contributed by atoms with Crippen LogP contribution in [-0.2, 0) is 4.79 Å². The van der Waals surface area contributed by atoms with Crippen LogP contribution in [0.25, 0.3) is 0 Å². The van der Waals surface area contributed by atoms with Crippen molar-refractivity contribution in [2.24, 2.45) is 5.10 Å². The maximum atomic E-state index is 12.4. The molecule has 0 spiro atoms. The van der Waals surface area contributed by atoms with Gasteiger partial charge in [-0.2, -0.15) is 5.10 Å². The van der Waals surface area contributed by atoms with E-state index in [0.717, 1.165) is 0 Å². The van der Waals surface area contributed by atoms with Crippen molar-refractivity contribution in [2.45, 2.75) is 32.4 Å². The summed E-state index contributed by atoms with van der Waals surface area (Å²) in [5.74, 6) is -0.432. The molecule has 1 saturated heterocycles. The second kappa shape index (κ2) is 10.5. The van der Waals surface area contributed by atoms with Gasteiger partial charge in [0.05, 0.1) is 23.3 Å². The third-order valence-corrected chi connectivity index (χ3v) is 4.58. The van der Waals surface area contributed by atoms with E-state index in [4.69, 9.17) is 9.47 Å². The smallest absolute Gasteiger partial charge is 0.343 e. The number of hydrazine groups is 1. The Kier molecular flexibility index (Phi) is 7.47. The number of hydrogen-bond acceptors (Lipinski definition) is 9. The van der Waals surface area contributed by atoms with Gasteiger partial charge in [0.2, 0.25) is 0 Å². The standard InChI is InChI=1S/C21H23N5O6/c1-3-31-19-11-14(12-22-25-20(27)17-10-13(2)23-24-17)4-9-18(19)32-21(28)15-5-7-16(8-6-15)26(29)30/h4-9,11-13,17,23-24H,3,10H2,1-2H3,(H,25,27)/b22-12+. The number of hydrogen-bond donors (Lipinski definition) is 3. The highest BCUT2D eigenvalue weighted by Crippen LogP contribution is 2.29. The summed E-state index contributed by atoms with van der Waals surface area (Å²) < 4.78 is 10.9. The Morgan fingerprint density at radius 3 is 2.59 bits per heavy atom. The molecule has 1 heterocycles. The molecule has 0 bridgehead atoms. The van der Waals surface area contributed by atoms with Crippen LogP contribution in [0.4, 0.5) is 5.69 Å². The van der Waals surface area contributed by atoms with E-state index in [1.165, 1.54) is 30.5 Å². The summed E-state index contributed by atoms with van der Waals surface area (Å²) in [5.41, 5.74) is 9.00. The molecule has 2 unspecified atom stereocenters. The fraction of sp³-hybridized carbons (Fsp3) is 0.286. The monoisotopic (exact) mass is 441 g/mol. The van der Waals surface area contributed by atoms with Crippen molar-refractivity contribution in [1.29, 1.82) is 0 Å². The van der Waals surface area contributed by atoms with E-state index in [0.29, 0.717) is 24.3 Å². The quantitative estimate of drug-likeness (QED) is 0.185. The van der Waals surface area contributed by atoms with Crippen LogP contribution in [0.5, 0.6) is 11.5 Å². The molecular formula is C21H23N5O6. The van der Waals surface area contributed by atoms with Gasteiger partial charge in [-0.15, -0.1) is 0 Å². The molecule has 0 aromatic heterocycles. The number of nitrogens with one attached hydrogen (secondary N) is 3. The molecule has 2 aromatic rings. The molecule has 3 N–H and O–H groups in total. The third kappa shape index (κ3) is 5.86. The lowest BCUT2D eigenvalue weighted by atomic mass is 10.1. The van der Waals surface area contributed by atoms with E-state index in [-0.39, 0.29) is 35.0 Å². The Balaban J connectivity index is 1.66. The Morgan fingerprint density at radius 2 is 1.97 bits per heavy atom. The van der Waals surface area contributed by atoms with Crippen molar-refractivity contribution < 1.29 is 24.0 Å². The molecule has 1 fully saturated rings. The fourth-order valence-corrected chi connectivity index (χ4v) is 2.97. The van der Waals surface area contributed by atoms with Gasteiger partial charge in [-0.1, -0.05) is 0 Å². The first-order chi connectivity index (χ1) is 15.4. The minimum Gasteiger partial charge on any atom is -0.490 e. The van der Waals surface area contributed by atoms with Gasteiger partial charge < -0.3 is 9.47 Å². The largest absolute Gasteiger partial charge is 0.490 e. The molecule has 0 saturated carbocycles. The number of carbonyl (C=O) groups excluding carboxylic acids is 2. The number of non-ortho nitro benzene ring substituents is 1.